The first-order chi connectivity index (χ1) is 9.60. The summed E-state index contributed by atoms with van der Waals surface area (Å²) in [7, 11) is 1.56. The molecular formula is C15H25ClN2O3. The van der Waals surface area contributed by atoms with E-state index in [0.717, 1.165) is 11.3 Å². The molecule has 0 aliphatic heterocycles. The molecule has 0 aromatic heterocycles. The number of nitrogens with one attached hydrogen (secondary N) is 1. The second kappa shape index (κ2) is 10.4. The summed E-state index contributed by atoms with van der Waals surface area (Å²) in [5, 5.41) is 2.93. The van der Waals surface area contributed by atoms with Crippen LogP contribution in [0.5, 0.6) is 5.75 Å². The zero-order valence-electron chi connectivity index (χ0n) is 12.8. The summed E-state index contributed by atoms with van der Waals surface area (Å²) in [6.07, 6.45) is 0.0274. The van der Waals surface area contributed by atoms with Gasteiger partial charge in [-0.15, -0.1) is 12.4 Å². The van der Waals surface area contributed by atoms with E-state index in [2.05, 4.69) is 5.32 Å². The molecule has 0 heterocycles. The number of rotatable bonds is 8. The molecule has 0 spiro atoms. The summed E-state index contributed by atoms with van der Waals surface area (Å²) in [6, 6.07) is 7.63. The third-order valence-electron chi connectivity index (χ3n) is 3.06. The Labute approximate surface area is 132 Å². The van der Waals surface area contributed by atoms with Gasteiger partial charge < -0.3 is 20.5 Å². The monoisotopic (exact) mass is 316 g/mol. The number of hydrogen-bond acceptors (Lipinski definition) is 4. The topological polar surface area (TPSA) is 73.6 Å². The van der Waals surface area contributed by atoms with E-state index in [0.29, 0.717) is 13.2 Å². The molecule has 0 fully saturated rings. The third-order valence-corrected chi connectivity index (χ3v) is 3.06. The lowest BCUT2D eigenvalue weighted by Gasteiger charge is -2.18. The number of halogens is 1. The van der Waals surface area contributed by atoms with Crippen molar-refractivity contribution in [1.82, 2.24) is 5.32 Å². The lowest BCUT2D eigenvalue weighted by atomic mass is 10.1. The molecule has 0 saturated heterocycles. The van der Waals surface area contributed by atoms with Gasteiger partial charge in [-0.25, -0.2) is 0 Å². The fourth-order valence-electron chi connectivity index (χ4n) is 1.89. The molecule has 2 unspecified atom stereocenters. The van der Waals surface area contributed by atoms with Gasteiger partial charge in [-0.2, -0.15) is 0 Å². The number of benzene rings is 1. The zero-order valence-corrected chi connectivity index (χ0v) is 13.6. The Morgan fingerprint density at radius 2 is 2.14 bits per heavy atom. The Morgan fingerprint density at radius 3 is 2.71 bits per heavy atom. The molecule has 120 valence electrons. The molecule has 1 aromatic carbocycles. The van der Waals surface area contributed by atoms with Gasteiger partial charge in [-0.3, -0.25) is 4.79 Å². The van der Waals surface area contributed by atoms with Crippen molar-refractivity contribution in [2.45, 2.75) is 32.4 Å². The van der Waals surface area contributed by atoms with Crippen molar-refractivity contribution in [1.29, 1.82) is 0 Å². The zero-order chi connectivity index (χ0) is 15.0. The first kappa shape index (κ1) is 19.7. The number of carbonyl (C=O) groups excluding carboxylic acids is 1. The maximum Gasteiger partial charge on any atom is 0.223 e. The van der Waals surface area contributed by atoms with Crippen LogP contribution in [0.15, 0.2) is 24.3 Å². The number of methoxy groups -OCH3 is 1. The van der Waals surface area contributed by atoms with Gasteiger partial charge in [0.05, 0.1) is 25.2 Å². The van der Waals surface area contributed by atoms with Crippen molar-refractivity contribution in [2.24, 2.45) is 5.73 Å². The summed E-state index contributed by atoms with van der Waals surface area (Å²) in [5.41, 5.74) is 6.51. The van der Waals surface area contributed by atoms with Crippen LogP contribution >= 0.6 is 12.4 Å². The number of nitrogens with two attached hydrogens (primary N) is 1. The average Bonchev–Trinajstić information content (AvgIpc) is 2.45. The largest absolute Gasteiger partial charge is 0.494 e. The van der Waals surface area contributed by atoms with E-state index >= 15 is 0 Å². The van der Waals surface area contributed by atoms with Crippen molar-refractivity contribution in [3.05, 3.63) is 29.8 Å². The minimum Gasteiger partial charge on any atom is -0.494 e. The van der Waals surface area contributed by atoms with Crippen molar-refractivity contribution >= 4 is 18.3 Å². The highest BCUT2D eigenvalue weighted by atomic mass is 35.5. The van der Waals surface area contributed by atoms with E-state index in [1.54, 1.807) is 7.11 Å². The standard InChI is InChI=1S/C15H24N2O3.ClH/c1-4-20-13-7-5-6-12(8-13)11(2)17-15(18)9-14(10-16)19-3;/h5-8,11,14H,4,9-10,16H2,1-3H3,(H,17,18);1H. The predicted octanol–water partition coefficient (Wildman–Crippen LogP) is 2.05. The van der Waals surface area contributed by atoms with E-state index in [-0.39, 0.29) is 36.9 Å². The molecule has 3 N–H and O–H groups in total. The van der Waals surface area contributed by atoms with E-state index in [1.807, 2.05) is 38.1 Å². The summed E-state index contributed by atoms with van der Waals surface area (Å²) in [6.45, 7) is 4.83. The number of amides is 1. The maximum absolute atomic E-state index is 11.9. The highest BCUT2D eigenvalue weighted by Gasteiger charge is 2.14. The molecule has 0 radical (unpaired) electrons. The third kappa shape index (κ3) is 6.80. The Morgan fingerprint density at radius 1 is 1.43 bits per heavy atom. The van der Waals surface area contributed by atoms with Gasteiger partial charge in [-0.05, 0) is 31.5 Å². The molecule has 0 bridgehead atoms. The van der Waals surface area contributed by atoms with Crippen molar-refractivity contribution in [3.63, 3.8) is 0 Å². The molecule has 0 saturated carbocycles. The molecule has 1 amide bonds. The van der Waals surface area contributed by atoms with Gasteiger partial charge in [0.2, 0.25) is 5.91 Å². The number of hydrogen-bond donors (Lipinski definition) is 2. The fraction of sp³-hybridized carbons (Fsp3) is 0.533. The van der Waals surface area contributed by atoms with Gasteiger partial charge in [0.25, 0.3) is 0 Å². The van der Waals surface area contributed by atoms with Gasteiger partial charge >= 0.3 is 0 Å². The smallest absolute Gasteiger partial charge is 0.223 e. The van der Waals surface area contributed by atoms with Crippen molar-refractivity contribution < 1.29 is 14.3 Å². The van der Waals surface area contributed by atoms with Crippen LogP contribution in [0.25, 0.3) is 0 Å². The van der Waals surface area contributed by atoms with Crippen LogP contribution in [0.2, 0.25) is 0 Å². The fourth-order valence-corrected chi connectivity index (χ4v) is 1.89. The van der Waals surface area contributed by atoms with Crippen LogP contribution in [0.1, 0.15) is 31.9 Å². The predicted molar refractivity (Wildman–Crippen MR) is 85.9 cm³/mol. The molecule has 21 heavy (non-hydrogen) atoms. The number of carbonyl (C=O) groups is 1. The molecule has 1 rings (SSSR count). The summed E-state index contributed by atoms with van der Waals surface area (Å²) in [5.74, 6) is 0.736. The van der Waals surface area contributed by atoms with Gasteiger partial charge in [0.1, 0.15) is 5.75 Å². The van der Waals surface area contributed by atoms with Crippen LogP contribution in [0, 0.1) is 0 Å². The quantitative estimate of drug-likeness (QED) is 0.770. The van der Waals surface area contributed by atoms with Crippen LogP contribution in [-0.2, 0) is 9.53 Å². The minimum atomic E-state index is -0.239. The summed E-state index contributed by atoms with van der Waals surface area (Å²) in [4.78, 5) is 11.9. The summed E-state index contributed by atoms with van der Waals surface area (Å²) >= 11 is 0. The van der Waals surface area contributed by atoms with Crippen LogP contribution in [-0.4, -0.2) is 32.3 Å². The molecule has 5 nitrogen and oxygen atoms in total. The van der Waals surface area contributed by atoms with Gasteiger partial charge in [-0.1, -0.05) is 12.1 Å². The number of ether oxygens (including phenoxy) is 2. The van der Waals surface area contributed by atoms with Crippen molar-refractivity contribution in [2.75, 3.05) is 20.3 Å². The van der Waals surface area contributed by atoms with E-state index in [4.69, 9.17) is 15.2 Å². The molecule has 6 heteroatoms. The average molecular weight is 317 g/mol. The first-order valence-corrected chi connectivity index (χ1v) is 6.85. The first-order valence-electron chi connectivity index (χ1n) is 6.85. The van der Waals surface area contributed by atoms with Gasteiger partial charge in [0, 0.05) is 13.7 Å². The van der Waals surface area contributed by atoms with Crippen molar-refractivity contribution in [3.8, 4) is 5.75 Å². The Kier molecular flexibility index (Phi) is 9.78. The van der Waals surface area contributed by atoms with E-state index in [1.165, 1.54) is 0 Å². The normalized spacial score (nSPS) is 13.0. The Hall–Kier alpha value is -1.30. The summed E-state index contributed by atoms with van der Waals surface area (Å²) < 4.78 is 10.6. The van der Waals surface area contributed by atoms with Crippen LogP contribution < -0.4 is 15.8 Å². The van der Waals surface area contributed by atoms with Crippen LogP contribution in [0.3, 0.4) is 0 Å². The van der Waals surface area contributed by atoms with E-state index in [9.17, 15) is 4.79 Å². The second-order valence-electron chi connectivity index (χ2n) is 4.59. The van der Waals surface area contributed by atoms with Gasteiger partial charge in [0.15, 0.2) is 0 Å². The Balaban J connectivity index is 0.00000400. The SMILES string of the molecule is CCOc1cccc(C(C)NC(=O)CC(CN)OC)c1.Cl. The lowest BCUT2D eigenvalue weighted by molar-refractivity contribution is -0.124. The minimum absolute atomic E-state index is 0. The molecular weight excluding hydrogens is 292 g/mol. The lowest BCUT2D eigenvalue weighted by Crippen LogP contribution is -2.33. The molecule has 0 aliphatic rings. The molecule has 2 atom stereocenters. The molecule has 0 aliphatic carbocycles. The second-order valence-corrected chi connectivity index (χ2v) is 4.59. The highest BCUT2D eigenvalue weighted by Crippen LogP contribution is 2.19. The van der Waals surface area contributed by atoms with E-state index < -0.39 is 0 Å². The maximum atomic E-state index is 11.9. The Bertz CT molecular complexity index is 425. The highest BCUT2D eigenvalue weighted by molar-refractivity contribution is 5.85. The van der Waals surface area contributed by atoms with Crippen LogP contribution in [0.4, 0.5) is 0 Å². The molecule has 1 aromatic rings.